The molecule has 0 aromatic rings. The van der Waals surface area contributed by atoms with Gasteiger partial charge in [-0.3, -0.25) is 0 Å². The van der Waals surface area contributed by atoms with E-state index in [0.717, 1.165) is 0 Å². The number of primary amides is 1. The predicted octanol–water partition coefficient (Wildman–Crippen LogP) is -0.589. The van der Waals surface area contributed by atoms with Crippen LogP contribution in [0.3, 0.4) is 0 Å². The summed E-state index contributed by atoms with van der Waals surface area (Å²) in [6.07, 6.45) is 0. The molecule has 0 heterocycles. The minimum absolute atomic E-state index is 0. The van der Waals surface area contributed by atoms with Crippen LogP contribution in [0.15, 0.2) is 5.10 Å². The van der Waals surface area contributed by atoms with Crippen LogP contribution >= 0.6 is 12.4 Å². The Balaban J connectivity index is 0. The van der Waals surface area contributed by atoms with E-state index in [2.05, 4.69) is 5.10 Å². The Morgan fingerprint density at radius 1 is 1.70 bits per heavy atom. The molecule has 5 N–H and O–H groups in total. The molecule has 0 aromatic carbocycles. The Kier molecular flexibility index (Phi) is 7.53. The van der Waals surface area contributed by atoms with Crippen molar-refractivity contribution in [3.05, 3.63) is 0 Å². The van der Waals surface area contributed by atoms with E-state index < -0.39 is 6.03 Å². The number of rotatable bonds is 2. The van der Waals surface area contributed by atoms with Gasteiger partial charge in [0.25, 0.3) is 0 Å². The van der Waals surface area contributed by atoms with E-state index in [-0.39, 0.29) is 12.4 Å². The molecule has 0 aromatic heterocycles. The second-order valence-electron chi connectivity index (χ2n) is 1.53. The predicted molar refractivity (Wildman–Crippen MR) is 42.1 cm³/mol. The van der Waals surface area contributed by atoms with Crippen molar-refractivity contribution < 1.29 is 4.79 Å². The lowest BCUT2D eigenvalue weighted by Crippen LogP contribution is -2.26. The minimum atomic E-state index is -0.678. The zero-order valence-corrected chi connectivity index (χ0v) is 6.44. The summed E-state index contributed by atoms with van der Waals surface area (Å²) < 4.78 is 0. The summed E-state index contributed by atoms with van der Waals surface area (Å²) >= 11 is 0. The summed E-state index contributed by atoms with van der Waals surface area (Å²) in [6, 6.07) is -0.678. The topological polar surface area (TPSA) is 93.5 Å². The van der Waals surface area contributed by atoms with Gasteiger partial charge in [0.05, 0.1) is 0 Å². The number of carbonyl (C=O) groups excluding carboxylic acids is 1. The van der Waals surface area contributed by atoms with Crippen LogP contribution in [0.2, 0.25) is 0 Å². The minimum Gasteiger partial charge on any atom is -0.350 e. The maximum absolute atomic E-state index is 9.98. The number of carbonyl (C=O) groups is 1. The van der Waals surface area contributed by atoms with Crippen LogP contribution in [0.25, 0.3) is 0 Å². The molecule has 0 aliphatic carbocycles. The lowest BCUT2D eigenvalue weighted by molar-refractivity contribution is 0.249. The lowest BCUT2D eigenvalue weighted by Gasteiger charge is -1.93. The molecule has 0 aliphatic heterocycles. The second kappa shape index (κ2) is 6.31. The highest BCUT2D eigenvalue weighted by Crippen LogP contribution is 1.67. The van der Waals surface area contributed by atoms with Crippen molar-refractivity contribution in [1.29, 1.82) is 0 Å². The third-order valence-electron chi connectivity index (χ3n) is 0.652. The van der Waals surface area contributed by atoms with Crippen LogP contribution in [-0.2, 0) is 0 Å². The first-order chi connectivity index (χ1) is 4.16. The summed E-state index contributed by atoms with van der Waals surface area (Å²) in [5, 5.41) is 3.51. The number of hydrogen-bond acceptors (Lipinski definition) is 3. The van der Waals surface area contributed by atoms with Crippen molar-refractivity contribution in [2.45, 2.75) is 6.92 Å². The van der Waals surface area contributed by atoms with Crippen molar-refractivity contribution in [1.82, 2.24) is 5.43 Å². The molecule has 5 nitrogen and oxygen atoms in total. The van der Waals surface area contributed by atoms with Crippen molar-refractivity contribution in [3.63, 3.8) is 0 Å². The molecule has 0 spiro atoms. The van der Waals surface area contributed by atoms with Gasteiger partial charge in [-0.15, -0.1) is 12.4 Å². The average molecular weight is 167 g/mol. The first kappa shape index (κ1) is 11.9. The Labute approximate surface area is 65.2 Å². The molecule has 6 heteroatoms. The third-order valence-corrected chi connectivity index (χ3v) is 0.652. The average Bonchev–Trinajstić information content (AvgIpc) is 1.83. The molecule has 0 saturated heterocycles. The van der Waals surface area contributed by atoms with Crippen molar-refractivity contribution in [2.75, 3.05) is 6.54 Å². The molecule has 2 amide bonds. The summed E-state index contributed by atoms with van der Waals surface area (Å²) in [5.41, 5.74) is 12.5. The number of nitrogens with two attached hydrogens (primary N) is 2. The van der Waals surface area contributed by atoms with E-state index in [4.69, 9.17) is 11.5 Å². The molecule has 0 rings (SSSR count). The van der Waals surface area contributed by atoms with Crippen LogP contribution < -0.4 is 16.9 Å². The van der Waals surface area contributed by atoms with Crippen molar-refractivity contribution in [2.24, 2.45) is 16.6 Å². The monoisotopic (exact) mass is 166 g/mol. The molecule has 0 radical (unpaired) electrons. The normalized spacial score (nSPS) is 10.0. The zero-order chi connectivity index (χ0) is 7.28. The highest BCUT2D eigenvalue weighted by Gasteiger charge is 1.86. The number of hydrazone groups is 1. The largest absolute Gasteiger partial charge is 0.350 e. The van der Waals surface area contributed by atoms with E-state index in [9.17, 15) is 4.79 Å². The third kappa shape index (κ3) is 7.19. The Morgan fingerprint density at radius 2 is 2.20 bits per heavy atom. The molecular formula is C4H11ClN4O. The molecule has 0 atom stereocenters. The van der Waals surface area contributed by atoms with Gasteiger partial charge in [-0.2, -0.15) is 5.10 Å². The summed E-state index contributed by atoms with van der Waals surface area (Å²) in [7, 11) is 0. The number of halogens is 1. The van der Waals surface area contributed by atoms with E-state index in [1.54, 1.807) is 6.92 Å². The molecular weight excluding hydrogens is 156 g/mol. The zero-order valence-electron chi connectivity index (χ0n) is 5.63. The van der Waals surface area contributed by atoms with Crippen molar-refractivity contribution in [3.8, 4) is 0 Å². The maximum atomic E-state index is 9.98. The first-order valence-electron chi connectivity index (χ1n) is 2.45. The number of urea groups is 1. The standard InChI is InChI=1S/C4H10N4O.ClH/c1-3(2-5)7-8-4(6)9;/h2,5H2,1H3,(H3,6,8,9);1H. The molecule has 0 aliphatic rings. The SMILES string of the molecule is CC(CN)=NNC(N)=O.Cl. The van der Waals surface area contributed by atoms with Crippen molar-refractivity contribution >= 4 is 24.1 Å². The van der Waals surface area contributed by atoms with Gasteiger partial charge in [0.1, 0.15) is 0 Å². The highest BCUT2D eigenvalue weighted by atomic mass is 35.5. The number of nitrogens with one attached hydrogen (secondary N) is 1. The molecule has 10 heavy (non-hydrogen) atoms. The Morgan fingerprint density at radius 3 is 2.50 bits per heavy atom. The fourth-order valence-electron chi connectivity index (χ4n) is 0.196. The second-order valence-corrected chi connectivity index (χ2v) is 1.53. The molecule has 60 valence electrons. The van der Waals surface area contributed by atoms with Gasteiger partial charge in [0.2, 0.25) is 0 Å². The quantitative estimate of drug-likeness (QED) is 0.378. The van der Waals surface area contributed by atoms with Gasteiger partial charge in [0.15, 0.2) is 0 Å². The van der Waals surface area contributed by atoms with E-state index >= 15 is 0 Å². The van der Waals surface area contributed by atoms with E-state index in [0.29, 0.717) is 12.3 Å². The van der Waals surface area contributed by atoms with E-state index in [1.165, 1.54) is 0 Å². The number of hydrogen-bond donors (Lipinski definition) is 3. The highest BCUT2D eigenvalue weighted by molar-refractivity contribution is 5.85. The Bertz CT molecular complexity index is 135. The van der Waals surface area contributed by atoms with Gasteiger partial charge in [0, 0.05) is 12.3 Å². The fraction of sp³-hybridized carbons (Fsp3) is 0.500. The van der Waals surface area contributed by atoms with Crippen LogP contribution in [0.4, 0.5) is 4.79 Å². The molecule has 0 bridgehead atoms. The first-order valence-corrected chi connectivity index (χ1v) is 2.45. The lowest BCUT2D eigenvalue weighted by atomic mass is 10.4. The summed E-state index contributed by atoms with van der Waals surface area (Å²) in [6.45, 7) is 2.01. The van der Waals surface area contributed by atoms with Gasteiger partial charge >= 0.3 is 6.03 Å². The van der Waals surface area contributed by atoms with Gasteiger partial charge in [-0.1, -0.05) is 0 Å². The van der Waals surface area contributed by atoms with Crippen LogP contribution in [0.5, 0.6) is 0 Å². The van der Waals surface area contributed by atoms with Crippen LogP contribution in [0, 0.1) is 0 Å². The smallest absolute Gasteiger partial charge is 0.332 e. The van der Waals surface area contributed by atoms with Crippen LogP contribution in [-0.4, -0.2) is 18.3 Å². The van der Waals surface area contributed by atoms with Crippen LogP contribution in [0.1, 0.15) is 6.92 Å². The Hall–Kier alpha value is -0.810. The number of nitrogens with zero attached hydrogens (tertiary/aromatic N) is 1. The van der Waals surface area contributed by atoms with Gasteiger partial charge < -0.3 is 11.5 Å². The fourth-order valence-corrected chi connectivity index (χ4v) is 0.196. The summed E-state index contributed by atoms with van der Waals surface area (Å²) in [4.78, 5) is 9.98. The molecule has 0 unspecified atom stereocenters. The summed E-state index contributed by atoms with van der Waals surface area (Å²) in [5.74, 6) is 0. The van der Waals surface area contributed by atoms with E-state index in [1.807, 2.05) is 5.43 Å². The molecule has 0 fully saturated rings. The van der Waals surface area contributed by atoms with Gasteiger partial charge in [-0.25, -0.2) is 10.2 Å². The molecule has 0 saturated carbocycles. The van der Waals surface area contributed by atoms with Gasteiger partial charge in [-0.05, 0) is 6.92 Å². The number of amides is 2. The maximum Gasteiger partial charge on any atom is 0.332 e.